The highest BCUT2D eigenvalue weighted by molar-refractivity contribution is 6.33. The van der Waals surface area contributed by atoms with Gasteiger partial charge in [-0.15, -0.1) is 0 Å². The van der Waals surface area contributed by atoms with Crippen molar-refractivity contribution in [3.8, 4) is 0 Å². The zero-order chi connectivity index (χ0) is 13.1. The number of rotatable bonds is 4. The van der Waals surface area contributed by atoms with Gasteiger partial charge in [0.05, 0.1) is 11.5 Å². The highest BCUT2D eigenvalue weighted by Gasteiger charge is 2.28. The van der Waals surface area contributed by atoms with Gasteiger partial charge in [-0.05, 0) is 18.6 Å². The smallest absolute Gasteiger partial charge is 0.310 e. The van der Waals surface area contributed by atoms with Crippen LogP contribution in [0.1, 0.15) is 6.42 Å². The summed E-state index contributed by atoms with van der Waals surface area (Å²) >= 11 is 5.91. The molecule has 1 aliphatic heterocycles. The third kappa shape index (κ3) is 2.57. The van der Waals surface area contributed by atoms with E-state index in [1.54, 1.807) is 25.3 Å². The van der Waals surface area contributed by atoms with Gasteiger partial charge < -0.3 is 9.64 Å². The number of methoxy groups -OCH3 is 1. The Bertz CT molecular complexity index is 453. The van der Waals surface area contributed by atoms with Crippen molar-refractivity contribution in [1.82, 2.24) is 0 Å². The lowest BCUT2D eigenvalue weighted by atomic mass is 10.1. The lowest BCUT2D eigenvalue weighted by molar-refractivity contribution is -0.384. The third-order valence-electron chi connectivity index (χ3n) is 3.18. The molecule has 0 saturated carbocycles. The number of para-hydroxylation sites is 1. The van der Waals surface area contributed by atoms with Gasteiger partial charge in [-0.3, -0.25) is 10.1 Å². The van der Waals surface area contributed by atoms with Crippen molar-refractivity contribution in [3.63, 3.8) is 0 Å². The molecule has 0 radical (unpaired) electrons. The molecule has 98 valence electrons. The Labute approximate surface area is 110 Å². The minimum absolute atomic E-state index is 0.00256. The monoisotopic (exact) mass is 270 g/mol. The molecule has 2 rings (SSSR count). The van der Waals surface area contributed by atoms with Gasteiger partial charge in [0.1, 0.15) is 10.7 Å². The second kappa shape index (κ2) is 5.54. The maximum absolute atomic E-state index is 11.1. The summed E-state index contributed by atoms with van der Waals surface area (Å²) in [6, 6.07) is 5.04. The van der Waals surface area contributed by atoms with E-state index in [2.05, 4.69) is 0 Å². The average molecular weight is 271 g/mol. The van der Waals surface area contributed by atoms with Crippen molar-refractivity contribution >= 4 is 23.0 Å². The SMILES string of the molecule is COCC1CCN(c2cccc(Cl)c2[N+](=O)[O-])C1. The number of halogens is 1. The summed E-state index contributed by atoms with van der Waals surface area (Å²) < 4.78 is 5.12. The molecule has 1 heterocycles. The zero-order valence-electron chi connectivity index (χ0n) is 10.1. The van der Waals surface area contributed by atoms with Crippen LogP contribution >= 0.6 is 11.6 Å². The average Bonchev–Trinajstić information content (AvgIpc) is 2.77. The molecule has 0 amide bonds. The van der Waals surface area contributed by atoms with Crippen LogP contribution in [0.15, 0.2) is 18.2 Å². The summed E-state index contributed by atoms with van der Waals surface area (Å²) in [5, 5.41) is 11.3. The van der Waals surface area contributed by atoms with E-state index in [-0.39, 0.29) is 10.7 Å². The minimum atomic E-state index is -0.415. The summed E-state index contributed by atoms with van der Waals surface area (Å²) in [5.74, 6) is 0.425. The second-order valence-corrected chi connectivity index (χ2v) is 4.83. The highest BCUT2D eigenvalue weighted by atomic mass is 35.5. The first-order valence-corrected chi connectivity index (χ1v) is 6.18. The number of hydrogen-bond acceptors (Lipinski definition) is 4. The summed E-state index contributed by atoms with van der Waals surface area (Å²) in [6.45, 7) is 2.26. The molecule has 18 heavy (non-hydrogen) atoms. The fraction of sp³-hybridized carbons (Fsp3) is 0.500. The fourth-order valence-electron chi connectivity index (χ4n) is 2.36. The summed E-state index contributed by atoms with van der Waals surface area (Å²) in [6.07, 6.45) is 0.984. The summed E-state index contributed by atoms with van der Waals surface area (Å²) in [4.78, 5) is 12.7. The van der Waals surface area contributed by atoms with E-state index in [9.17, 15) is 10.1 Å². The van der Waals surface area contributed by atoms with Crippen LogP contribution in [0, 0.1) is 16.0 Å². The van der Waals surface area contributed by atoms with Crippen LogP contribution < -0.4 is 4.90 Å². The van der Waals surface area contributed by atoms with Crippen LogP contribution in [0.4, 0.5) is 11.4 Å². The van der Waals surface area contributed by atoms with Crippen LogP contribution in [-0.4, -0.2) is 31.7 Å². The third-order valence-corrected chi connectivity index (χ3v) is 3.48. The molecule has 1 unspecified atom stereocenters. The number of hydrogen-bond donors (Lipinski definition) is 0. The summed E-state index contributed by atoms with van der Waals surface area (Å²) in [7, 11) is 1.67. The van der Waals surface area contributed by atoms with Crippen molar-refractivity contribution in [1.29, 1.82) is 0 Å². The van der Waals surface area contributed by atoms with Crippen LogP contribution in [0.3, 0.4) is 0 Å². The molecule has 0 aromatic heterocycles. The lowest BCUT2D eigenvalue weighted by Crippen LogP contribution is -2.22. The standard InChI is InChI=1S/C12H15ClN2O3/c1-18-8-9-5-6-14(7-9)11-4-2-3-10(13)12(11)15(16)17/h2-4,9H,5-8H2,1H3. The van der Waals surface area contributed by atoms with E-state index in [1.807, 2.05) is 4.90 Å². The Morgan fingerprint density at radius 3 is 3.06 bits per heavy atom. The quantitative estimate of drug-likeness (QED) is 0.623. The molecule has 1 aromatic rings. The van der Waals surface area contributed by atoms with Gasteiger partial charge >= 0.3 is 5.69 Å². The van der Waals surface area contributed by atoms with E-state index in [4.69, 9.17) is 16.3 Å². The van der Waals surface area contributed by atoms with Crippen molar-refractivity contribution in [2.75, 3.05) is 31.7 Å². The molecule has 1 aliphatic rings. The molecule has 0 bridgehead atoms. The molecule has 0 aliphatic carbocycles. The number of ether oxygens (including phenoxy) is 1. The van der Waals surface area contributed by atoms with Crippen LogP contribution in [0.25, 0.3) is 0 Å². The van der Waals surface area contributed by atoms with Crippen molar-refractivity contribution < 1.29 is 9.66 Å². The van der Waals surface area contributed by atoms with Gasteiger partial charge in [-0.2, -0.15) is 0 Å². The van der Waals surface area contributed by atoms with Gasteiger partial charge in [0.25, 0.3) is 0 Å². The molecule has 6 heteroatoms. The Balaban J connectivity index is 2.24. The molecule has 1 saturated heterocycles. The maximum Gasteiger partial charge on any atom is 0.310 e. The van der Waals surface area contributed by atoms with Gasteiger partial charge in [0.15, 0.2) is 0 Å². The van der Waals surface area contributed by atoms with E-state index in [0.717, 1.165) is 19.5 Å². The predicted octanol–water partition coefficient (Wildman–Crippen LogP) is 2.72. The largest absolute Gasteiger partial charge is 0.384 e. The van der Waals surface area contributed by atoms with E-state index in [1.165, 1.54) is 0 Å². The van der Waals surface area contributed by atoms with Crippen LogP contribution in [-0.2, 0) is 4.74 Å². The fourth-order valence-corrected chi connectivity index (χ4v) is 2.60. The van der Waals surface area contributed by atoms with Crippen molar-refractivity contribution in [2.45, 2.75) is 6.42 Å². The Kier molecular flexibility index (Phi) is 4.04. The second-order valence-electron chi connectivity index (χ2n) is 4.42. The molecular weight excluding hydrogens is 256 g/mol. The van der Waals surface area contributed by atoms with E-state index >= 15 is 0 Å². The Morgan fingerprint density at radius 2 is 2.39 bits per heavy atom. The molecule has 0 N–H and O–H groups in total. The molecular formula is C12H15ClN2O3. The van der Waals surface area contributed by atoms with Crippen LogP contribution in [0.5, 0.6) is 0 Å². The van der Waals surface area contributed by atoms with E-state index < -0.39 is 4.92 Å². The molecule has 5 nitrogen and oxygen atoms in total. The first-order valence-electron chi connectivity index (χ1n) is 5.80. The Hall–Kier alpha value is -1.33. The molecule has 1 fully saturated rings. The number of nitro benzene ring substituents is 1. The van der Waals surface area contributed by atoms with Crippen LogP contribution in [0.2, 0.25) is 5.02 Å². The first-order chi connectivity index (χ1) is 8.63. The highest BCUT2D eigenvalue weighted by Crippen LogP contribution is 2.37. The van der Waals surface area contributed by atoms with Gasteiger partial charge in [0.2, 0.25) is 0 Å². The first kappa shape index (κ1) is 13.1. The topological polar surface area (TPSA) is 55.6 Å². The number of nitro groups is 1. The zero-order valence-corrected chi connectivity index (χ0v) is 10.9. The lowest BCUT2D eigenvalue weighted by Gasteiger charge is -2.18. The molecule has 1 atom stereocenters. The normalized spacial score (nSPS) is 19.2. The van der Waals surface area contributed by atoms with Crippen molar-refractivity contribution in [2.24, 2.45) is 5.92 Å². The molecule has 0 spiro atoms. The van der Waals surface area contributed by atoms with E-state index in [0.29, 0.717) is 18.2 Å². The predicted molar refractivity (Wildman–Crippen MR) is 70.3 cm³/mol. The van der Waals surface area contributed by atoms with Crippen molar-refractivity contribution in [3.05, 3.63) is 33.3 Å². The number of benzene rings is 1. The molecule has 1 aromatic carbocycles. The van der Waals surface area contributed by atoms with Gasteiger partial charge in [-0.1, -0.05) is 17.7 Å². The Morgan fingerprint density at radius 1 is 1.61 bits per heavy atom. The van der Waals surface area contributed by atoms with Gasteiger partial charge in [-0.25, -0.2) is 0 Å². The number of nitrogens with zero attached hydrogens (tertiary/aromatic N) is 2. The number of anilines is 1. The maximum atomic E-state index is 11.1. The summed E-state index contributed by atoms with van der Waals surface area (Å²) in [5.41, 5.74) is 0.600. The minimum Gasteiger partial charge on any atom is -0.384 e. The van der Waals surface area contributed by atoms with Gasteiger partial charge in [0, 0.05) is 26.1 Å².